The lowest BCUT2D eigenvalue weighted by Gasteiger charge is -2.11. The van der Waals surface area contributed by atoms with Gasteiger partial charge in [-0.3, -0.25) is 4.79 Å². The van der Waals surface area contributed by atoms with E-state index in [2.05, 4.69) is 10.0 Å². The van der Waals surface area contributed by atoms with Crippen LogP contribution in [0.1, 0.15) is 23.2 Å². The van der Waals surface area contributed by atoms with Crippen LogP contribution in [0.5, 0.6) is 17.2 Å². The summed E-state index contributed by atoms with van der Waals surface area (Å²) in [6.45, 7) is 0.433. The molecule has 8 heteroatoms. The van der Waals surface area contributed by atoms with Crippen molar-refractivity contribution in [1.82, 2.24) is 4.72 Å². The van der Waals surface area contributed by atoms with E-state index in [9.17, 15) is 13.2 Å². The van der Waals surface area contributed by atoms with E-state index in [1.54, 1.807) is 55.6 Å². The summed E-state index contributed by atoms with van der Waals surface area (Å²) in [5.41, 5.74) is 0.816. The highest BCUT2D eigenvalue weighted by Gasteiger charge is 2.24. The molecule has 0 aromatic heterocycles. The second kappa shape index (κ2) is 9.42. The van der Waals surface area contributed by atoms with Crippen LogP contribution in [0.15, 0.2) is 77.7 Å². The van der Waals surface area contributed by atoms with E-state index >= 15 is 0 Å². The third-order valence-corrected chi connectivity index (χ3v) is 6.50. The van der Waals surface area contributed by atoms with Crippen LogP contribution in [0.4, 0.5) is 5.69 Å². The van der Waals surface area contributed by atoms with Crippen LogP contribution < -0.4 is 19.5 Å². The van der Waals surface area contributed by atoms with Gasteiger partial charge in [-0.2, -0.15) is 0 Å². The summed E-state index contributed by atoms with van der Waals surface area (Å²) in [6.07, 6.45) is 2.10. The van der Waals surface area contributed by atoms with Gasteiger partial charge in [-0.1, -0.05) is 18.2 Å². The van der Waals surface area contributed by atoms with Crippen LogP contribution in [0.25, 0.3) is 0 Å². The molecule has 0 unspecified atom stereocenters. The Morgan fingerprint density at radius 1 is 0.969 bits per heavy atom. The number of carbonyl (C=O) groups excluding carboxylic acids is 1. The van der Waals surface area contributed by atoms with Gasteiger partial charge in [0.25, 0.3) is 5.91 Å². The third kappa shape index (κ3) is 5.46. The predicted octanol–water partition coefficient (Wildman–Crippen LogP) is 4.43. The number of rotatable bonds is 9. The lowest BCUT2D eigenvalue weighted by molar-refractivity contribution is 0.102. The fourth-order valence-corrected chi connectivity index (χ4v) is 4.24. The first-order chi connectivity index (χ1) is 15.4. The highest BCUT2D eigenvalue weighted by molar-refractivity contribution is 7.89. The van der Waals surface area contributed by atoms with Crippen molar-refractivity contribution in [2.75, 3.05) is 19.0 Å². The molecule has 0 aliphatic heterocycles. The van der Waals surface area contributed by atoms with E-state index in [0.29, 0.717) is 35.4 Å². The van der Waals surface area contributed by atoms with Crippen molar-refractivity contribution >= 4 is 21.6 Å². The van der Waals surface area contributed by atoms with Crippen LogP contribution in [0, 0.1) is 5.92 Å². The van der Waals surface area contributed by atoms with Crippen LogP contribution in [0.2, 0.25) is 0 Å². The average molecular weight is 453 g/mol. The highest BCUT2D eigenvalue weighted by Crippen LogP contribution is 2.31. The monoisotopic (exact) mass is 452 g/mol. The topological polar surface area (TPSA) is 93.7 Å². The first kappa shape index (κ1) is 21.9. The number of sulfonamides is 1. The molecule has 1 saturated carbocycles. The lowest BCUT2D eigenvalue weighted by Crippen LogP contribution is -2.26. The summed E-state index contributed by atoms with van der Waals surface area (Å²) in [5.74, 6) is 1.81. The molecule has 1 aliphatic carbocycles. The van der Waals surface area contributed by atoms with Gasteiger partial charge in [0.15, 0.2) is 11.5 Å². The van der Waals surface area contributed by atoms with E-state index < -0.39 is 15.9 Å². The molecule has 2 N–H and O–H groups in total. The van der Waals surface area contributed by atoms with Crippen molar-refractivity contribution in [2.45, 2.75) is 17.7 Å². The Kier molecular flexibility index (Phi) is 6.43. The largest absolute Gasteiger partial charge is 0.493 e. The fourth-order valence-electron chi connectivity index (χ4n) is 3.08. The van der Waals surface area contributed by atoms with Crippen molar-refractivity contribution in [2.24, 2.45) is 5.92 Å². The Labute approximate surface area is 187 Å². The van der Waals surface area contributed by atoms with Gasteiger partial charge in [0.1, 0.15) is 5.75 Å². The minimum Gasteiger partial charge on any atom is -0.493 e. The fraction of sp³-hybridized carbons (Fsp3) is 0.208. The number of anilines is 1. The van der Waals surface area contributed by atoms with E-state index in [-0.39, 0.29) is 10.5 Å². The van der Waals surface area contributed by atoms with Crippen molar-refractivity contribution in [3.8, 4) is 17.2 Å². The van der Waals surface area contributed by atoms with Gasteiger partial charge in [0.2, 0.25) is 10.0 Å². The quantitative estimate of drug-likeness (QED) is 0.501. The maximum absolute atomic E-state index is 12.7. The van der Waals surface area contributed by atoms with Crippen molar-refractivity contribution in [1.29, 1.82) is 0 Å². The van der Waals surface area contributed by atoms with E-state index in [0.717, 1.165) is 12.8 Å². The number of para-hydroxylation sites is 2. The zero-order valence-corrected chi connectivity index (χ0v) is 18.4. The number of hydrogen-bond acceptors (Lipinski definition) is 5. The predicted molar refractivity (Wildman–Crippen MR) is 122 cm³/mol. The smallest absolute Gasteiger partial charge is 0.255 e. The van der Waals surface area contributed by atoms with Gasteiger partial charge in [-0.25, -0.2) is 13.1 Å². The molecule has 1 fully saturated rings. The number of benzene rings is 3. The maximum Gasteiger partial charge on any atom is 0.255 e. The first-order valence-corrected chi connectivity index (χ1v) is 11.7. The van der Waals surface area contributed by atoms with Crippen LogP contribution in [0.3, 0.4) is 0 Å². The molecular weight excluding hydrogens is 428 g/mol. The molecule has 4 rings (SSSR count). The summed E-state index contributed by atoms with van der Waals surface area (Å²) in [6, 6.07) is 20.2. The standard InChI is InChI=1S/C24H24N2O5S/c1-30-22-7-2-3-8-23(22)31-20-13-11-19(12-14-20)26-24(27)18-5-4-6-21(15-18)32(28,29)25-16-17-9-10-17/h2-8,11-15,17,25H,9-10,16H2,1H3,(H,26,27). The minimum absolute atomic E-state index is 0.0753. The van der Waals surface area contributed by atoms with E-state index in [1.807, 2.05) is 12.1 Å². The number of ether oxygens (including phenoxy) is 2. The van der Waals surface area contributed by atoms with Gasteiger partial charge in [-0.05, 0) is 73.4 Å². The Morgan fingerprint density at radius 3 is 2.38 bits per heavy atom. The summed E-state index contributed by atoms with van der Waals surface area (Å²) in [5, 5.41) is 2.78. The van der Waals surface area contributed by atoms with E-state index in [4.69, 9.17) is 9.47 Å². The van der Waals surface area contributed by atoms with E-state index in [1.165, 1.54) is 12.1 Å². The Balaban J connectivity index is 1.41. The number of nitrogens with one attached hydrogen (secondary N) is 2. The number of amides is 1. The molecule has 0 radical (unpaired) electrons. The van der Waals surface area contributed by atoms with Gasteiger partial charge in [0.05, 0.1) is 12.0 Å². The minimum atomic E-state index is -3.64. The van der Waals surface area contributed by atoms with Gasteiger partial charge in [-0.15, -0.1) is 0 Å². The molecular formula is C24H24N2O5S. The zero-order chi connectivity index (χ0) is 22.6. The summed E-state index contributed by atoms with van der Waals surface area (Å²) >= 11 is 0. The molecule has 32 heavy (non-hydrogen) atoms. The summed E-state index contributed by atoms with van der Waals surface area (Å²) < 4.78 is 38.6. The van der Waals surface area contributed by atoms with Crippen molar-refractivity contribution in [3.63, 3.8) is 0 Å². The molecule has 1 aliphatic rings. The summed E-state index contributed by atoms with van der Waals surface area (Å²) in [4.78, 5) is 12.7. The number of hydrogen-bond donors (Lipinski definition) is 2. The van der Waals surface area contributed by atoms with Crippen LogP contribution in [-0.2, 0) is 10.0 Å². The second-order valence-corrected chi connectivity index (χ2v) is 9.32. The molecule has 3 aromatic rings. The molecule has 0 saturated heterocycles. The van der Waals surface area contributed by atoms with Gasteiger partial charge >= 0.3 is 0 Å². The first-order valence-electron chi connectivity index (χ1n) is 10.3. The number of carbonyl (C=O) groups is 1. The Bertz CT molecular complexity index is 1210. The third-order valence-electron chi connectivity index (χ3n) is 5.07. The average Bonchev–Trinajstić information content (AvgIpc) is 3.64. The lowest BCUT2D eigenvalue weighted by atomic mass is 10.2. The molecule has 7 nitrogen and oxygen atoms in total. The summed E-state index contributed by atoms with van der Waals surface area (Å²) in [7, 11) is -2.07. The van der Waals surface area contributed by atoms with Crippen LogP contribution >= 0.6 is 0 Å². The molecule has 1 amide bonds. The second-order valence-electron chi connectivity index (χ2n) is 7.55. The normalized spacial score (nSPS) is 13.4. The maximum atomic E-state index is 12.7. The molecule has 3 aromatic carbocycles. The highest BCUT2D eigenvalue weighted by atomic mass is 32.2. The SMILES string of the molecule is COc1ccccc1Oc1ccc(NC(=O)c2cccc(S(=O)(=O)NCC3CC3)c2)cc1. The van der Waals surface area contributed by atoms with Crippen molar-refractivity contribution < 1.29 is 22.7 Å². The number of methoxy groups -OCH3 is 1. The van der Waals surface area contributed by atoms with Crippen LogP contribution in [-0.4, -0.2) is 28.0 Å². The zero-order valence-electron chi connectivity index (χ0n) is 17.6. The molecule has 0 spiro atoms. The molecule has 0 heterocycles. The molecule has 0 atom stereocenters. The van der Waals surface area contributed by atoms with Gasteiger partial charge < -0.3 is 14.8 Å². The Hall–Kier alpha value is -3.36. The van der Waals surface area contributed by atoms with Gasteiger partial charge in [0, 0.05) is 17.8 Å². The van der Waals surface area contributed by atoms with Crippen molar-refractivity contribution in [3.05, 3.63) is 78.4 Å². The Morgan fingerprint density at radius 2 is 1.69 bits per heavy atom. The molecule has 166 valence electrons. The molecule has 0 bridgehead atoms.